The molecule has 1 saturated heterocycles. The first-order valence-electron chi connectivity index (χ1n) is 9.38. The summed E-state index contributed by atoms with van der Waals surface area (Å²) in [6.45, 7) is 2.69. The third kappa shape index (κ3) is 3.97. The summed E-state index contributed by atoms with van der Waals surface area (Å²) in [5, 5.41) is 10.2. The maximum Gasteiger partial charge on any atom is 0.300 e. The monoisotopic (exact) mass is 397 g/mol. The average molecular weight is 397 g/mol. The number of anilines is 1. The molecule has 0 bridgehead atoms. The summed E-state index contributed by atoms with van der Waals surface area (Å²) in [7, 11) is 0. The molecule has 3 heterocycles. The summed E-state index contributed by atoms with van der Waals surface area (Å²) in [6, 6.07) is 9.34. The molecule has 0 spiro atoms. The number of carbonyl (C=O) groups is 1. The van der Waals surface area contributed by atoms with Crippen molar-refractivity contribution < 1.29 is 19.0 Å². The number of benzene rings is 1. The Labute approximate surface area is 166 Å². The Hall–Kier alpha value is -3.26. The quantitative estimate of drug-likeness (QED) is 0.665. The normalized spacial score (nSPS) is 14.3. The molecule has 0 saturated carbocycles. The lowest BCUT2D eigenvalue weighted by molar-refractivity contribution is 0.0975. The molecule has 1 N–H and O–H groups in total. The van der Waals surface area contributed by atoms with E-state index in [1.807, 2.05) is 0 Å². The van der Waals surface area contributed by atoms with E-state index in [0.717, 1.165) is 24.3 Å². The highest BCUT2D eigenvalue weighted by molar-refractivity contribution is 5.97. The second-order valence-corrected chi connectivity index (χ2v) is 6.88. The van der Waals surface area contributed by atoms with Crippen LogP contribution in [0.25, 0.3) is 5.65 Å². The van der Waals surface area contributed by atoms with Crippen LogP contribution in [0.1, 0.15) is 22.5 Å². The van der Waals surface area contributed by atoms with Gasteiger partial charge in [0.1, 0.15) is 11.5 Å². The highest BCUT2D eigenvalue weighted by Gasteiger charge is 2.19. The SMILES string of the molecule is O=C(CCc1ccc(F)cc1)c1nc2cc(N3CCOCC3)ccn2c(=O)c1O. The Balaban J connectivity index is 1.62. The minimum atomic E-state index is -0.686. The lowest BCUT2D eigenvalue weighted by atomic mass is 10.1. The lowest BCUT2D eigenvalue weighted by Gasteiger charge is -2.28. The largest absolute Gasteiger partial charge is 0.501 e. The molecule has 0 aliphatic carbocycles. The van der Waals surface area contributed by atoms with Crippen LogP contribution in [0, 0.1) is 5.82 Å². The first-order valence-corrected chi connectivity index (χ1v) is 9.38. The zero-order chi connectivity index (χ0) is 20.4. The van der Waals surface area contributed by atoms with E-state index in [0.29, 0.717) is 25.3 Å². The molecule has 0 atom stereocenters. The van der Waals surface area contributed by atoms with E-state index in [-0.39, 0.29) is 17.9 Å². The van der Waals surface area contributed by atoms with Crippen molar-refractivity contribution in [3.8, 4) is 5.75 Å². The second-order valence-electron chi connectivity index (χ2n) is 6.88. The van der Waals surface area contributed by atoms with E-state index in [4.69, 9.17) is 4.74 Å². The van der Waals surface area contributed by atoms with Crippen LogP contribution in [0.5, 0.6) is 5.75 Å². The molecule has 150 valence electrons. The molecular weight excluding hydrogens is 377 g/mol. The van der Waals surface area contributed by atoms with Crippen molar-refractivity contribution in [1.29, 1.82) is 0 Å². The molecule has 3 aromatic rings. The van der Waals surface area contributed by atoms with Crippen molar-refractivity contribution in [2.75, 3.05) is 31.2 Å². The van der Waals surface area contributed by atoms with E-state index in [1.54, 1.807) is 30.5 Å². The molecule has 1 aliphatic heterocycles. The van der Waals surface area contributed by atoms with Crippen molar-refractivity contribution in [1.82, 2.24) is 9.38 Å². The number of halogens is 1. The van der Waals surface area contributed by atoms with E-state index in [1.165, 1.54) is 16.5 Å². The number of ether oxygens (including phenoxy) is 1. The smallest absolute Gasteiger partial charge is 0.300 e. The number of nitrogens with zero attached hydrogens (tertiary/aromatic N) is 3. The number of aromatic hydroxyl groups is 1. The van der Waals surface area contributed by atoms with Crippen LogP contribution in [-0.2, 0) is 11.2 Å². The molecule has 29 heavy (non-hydrogen) atoms. The summed E-state index contributed by atoms with van der Waals surface area (Å²) >= 11 is 0. The highest BCUT2D eigenvalue weighted by atomic mass is 19.1. The summed E-state index contributed by atoms with van der Waals surface area (Å²) in [5.41, 5.74) is 1.02. The van der Waals surface area contributed by atoms with Gasteiger partial charge in [-0.15, -0.1) is 0 Å². The van der Waals surface area contributed by atoms with Crippen LogP contribution in [-0.4, -0.2) is 46.6 Å². The molecule has 1 aliphatic rings. The van der Waals surface area contributed by atoms with Gasteiger partial charge in [0.15, 0.2) is 11.5 Å². The van der Waals surface area contributed by atoms with Crippen LogP contribution in [0.4, 0.5) is 10.1 Å². The number of rotatable bonds is 5. The first kappa shape index (κ1) is 19.1. The summed E-state index contributed by atoms with van der Waals surface area (Å²) in [4.78, 5) is 31.5. The predicted molar refractivity (Wildman–Crippen MR) is 105 cm³/mol. The first-order chi connectivity index (χ1) is 14.0. The average Bonchev–Trinajstić information content (AvgIpc) is 2.76. The van der Waals surface area contributed by atoms with Gasteiger partial charge in [-0.3, -0.25) is 14.0 Å². The van der Waals surface area contributed by atoms with Gasteiger partial charge in [0.25, 0.3) is 0 Å². The van der Waals surface area contributed by atoms with Gasteiger partial charge in [-0.1, -0.05) is 12.1 Å². The van der Waals surface area contributed by atoms with Crippen LogP contribution < -0.4 is 10.5 Å². The molecule has 0 radical (unpaired) electrons. The Morgan fingerprint density at radius 2 is 1.90 bits per heavy atom. The fraction of sp³-hybridized carbons (Fsp3) is 0.286. The van der Waals surface area contributed by atoms with Gasteiger partial charge in [0.05, 0.1) is 13.2 Å². The van der Waals surface area contributed by atoms with Crippen LogP contribution in [0.15, 0.2) is 47.4 Å². The molecule has 7 nitrogen and oxygen atoms in total. The summed E-state index contributed by atoms with van der Waals surface area (Å²) < 4.78 is 19.6. The molecular formula is C21H20FN3O4. The molecule has 4 rings (SSSR count). The number of carbonyl (C=O) groups excluding carboxylic acids is 1. The molecule has 8 heteroatoms. The van der Waals surface area contributed by atoms with Crippen molar-refractivity contribution in [2.45, 2.75) is 12.8 Å². The summed E-state index contributed by atoms with van der Waals surface area (Å²) in [5.74, 6) is -1.45. The van der Waals surface area contributed by atoms with Crippen LogP contribution in [0.2, 0.25) is 0 Å². The number of fused-ring (bicyclic) bond motifs is 1. The Bertz CT molecular complexity index is 1110. The third-order valence-corrected chi connectivity index (χ3v) is 4.98. The van der Waals surface area contributed by atoms with Crippen molar-refractivity contribution in [2.24, 2.45) is 0 Å². The van der Waals surface area contributed by atoms with Crippen LogP contribution >= 0.6 is 0 Å². The van der Waals surface area contributed by atoms with Crippen molar-refractivity contribution in [3.05, 3.63) is 70.0 Å². The lowest BCUT2D eigenvalue weighted by Crippen LogP contribution is -2.36. The number of ketones is 1. The predicted octanol–water partition coefficient (Wildman–Crippen LogP) is 2.19. The van der Waals surface area contributed by atoms with Gasteiger partial charge < -0.3 is 14.7 Å². The fourth-order valence-electron chi connectivity index (χ4n) is 3.36. The summed E-state index contributed by atoms with van der Waals surface area (Å²) in [6.07, 6.45) is 1.94. The van der Waals surface area contributed by atoms with Gasteiger partial charge in [-0.2, -0.15) is 0 Å². The van der Waals surface area contributed by atoms with Gasteiger partial charge in [0, 0.05) is 37.5 Å². The zero-order valence-corrected chi connectivity index (χ0v) is 15.7. The Kier molecular flexibility index (Phi) is 5.26. The Morgan fingerprint density at radius 3 is 2.62 bits per heavy atom. The Morgan fingerprint density at radius 1 is 1.17 bits per heavy atom. The van der Waals surface area contributed by atoms with Gasteiger partial charge in [-0.05, 0) is 30.2 Å². The molecule has 2 aromatic heterocycles. The standard InChI is InChI=1S/C21H20FN3O4/c22-15-4-1-14(2-5-15)3-6-17(26)19-20(27)21(28)25-8-7-16(13-18(25)23-19)24-9-11-29-12-10-24/h1-2,4-5,7-8,13,27H,3,6,9-12H2. The molecule has 1 fully saturated rings. The highest BCUT2D eigenvalue weighted by Crippen LogP contribution is 2.20. The number of Topliss-reactive ketones (excluding diaryl/α,β-unsaturated/α-hetero) is 1. The molecule has 0 unspecified atom stereocenters. The maximum atomic E-state index is 13.0. The fourth-order valence-corrected chi connectivity index (χ4v) is 3.36. The van der Waals surface area contributed by atoms with E-state index >= 15 is 0 Å². The minimum absolute atomic E-state index is 0.0466. The van der Waals surface area contributed by atoms with Gasteiger partial charge in [0.2, 0.25) is 5.75 Å². The van der Waals surface area contributed by atoms with Crippen molar-refractivity contribution in [3.63, 3.8) is 0 Å². The zero-order valence-electron chi connectivity index (χ0n) is 15.7. The number of pyridine rings is 1. The number of aromatic nitrogens is 2. The number of hydrogen-bond acceptors (Lipinski definition) is 6. The van der Waals surface area contributed by atoms with Crippen LogP contribution in [0.3, 0.4) is 0 Å². The number of morpholine rings is 1. The number of hydrogen-bond donors (Lipinski definition) is 1. The molecule has 1 aromatic carbocycles. The molecule has 0 amide bonds. The van der Waals surface area contributed by atoms with E-state index in [9.17, 15) is 19.1 Å². The van der Waals surface area contributed by atoms with E-state index in [2.05, 4.69) is 9.88 Å². The van der Waals surface area contributed by atoms with Gasteiger partial charge in [-0.25, -0.2) is 9.37 Å². The van der Waals surface area contributed by atoms with E-state index < -0.39 is 17.1 Å². The number of aryl methyl sites for hydroxylation is 1. The maximum absolute atomic E-state index is 13.0. The second kappa shape index (κ2) is 8.00. The minimum Gasteiger partial charge on any atom is -0.501 e. The topological polar surface area (TPSA) is 84.1 Å². The van der Waals surface area contributed by atoms with Crippen molar-refractivity contribution >= 4 is 17.1 Å². The third-order valence-electron chi connectivity index (χ3n) is 4.98. The van der Waals surface area contributed by atoms with Gasteiger partial charge >= 0.3 is 5.56 Å².